The third-order valence-corrected chi connectivity index (χ3v) is 9.34. The lowest BCUT2D eigenvalue weighted by Gasteiger charge is -2.22. The van der Waals surface area contributed by atoms with E-state index in [-0.39, 0.29) is 30.2 Å². The normalized spacial score (nSPS) is 14.3. The molecule has 0 saturated carbocycles. The summed E-state index contributed by atoms with van der Waals surface area (Å²) < 4.78 is 7.20. The van der Waals surface area contributed by atoms with Crippen molar-refractivity contribution in [2.24, 2.45) is 5.10 Å². The molecule has 1 atom stereocenters. The highest BCUT2D eigenvalue weighted by Gasteiger charge is 2.33. The Labute approximate surface area is 270 Å². The number of hydrazone groups is 1. The van der Waals surface area contributed by atoms with Gasteiger partial charge in [-0.3, -0.25) is 9.59 Å². The van der Waals surface area contributed by atoms with E-state index in [0.29, 0.717) is 35.3 Å². The molecule has 45 heavy (non-hydrogen) atoms. The van der Waals surface area contributed by atoms with Crippen LogP contribution in [0.1, 0.15) is 50.2 Å². The van der Waals surface area contributed by atoms with Crippen molar-refractivity contribution in [2.75, 3.05) is 12.9 Å². The third kappa shape index (κ3) is 7.16. The number of hydrogen-bond donors (Lipinski definition) is 1. The van der Waals surface area contributed by atoms with Crippen LogP contribution in [0, 0.1) is 6.92 Å². The number of thiophene rings is 1. The largest absolute Gasteiger partial charge is 0.497 e. The Morgan fingerprint density at radius 3 is 2.58 bits per heavy atom. The fraction of sp³-hybridized carbons (Fsp3) is 0.206. The topological polar surface area (TPSA) is 102 Å². The Hall–Kier alpha value is -4.74. The van der Waals surface area contributed by atoms with Crippen molar-refractivity contribution in [2.45, 2.75) is 37.6 Å². The van der Waals surface area contributed by atoms with E-state index in [4.69, 9.17) is 9.84 Å². The molecular formula is C34H32N6O3S2. The van der Waals surface area contributed by atoms with Crippen LogP contribution in [0.15, 0.2) is 107 Å². The number of rotatable bonds is 11. The summed E-state index contributed by atoms with van der Waals surface area (Å²) in [4.78, 5) is 27.7. The van der Waals surface area contributed by atoms with Crippen LogP contribution < -0.4 is 10.1 Å². The van der Waals surface area contributed by atoms with Gasteiger partial charge in [-0.05, 0) is 47.7 Å². The van der Waals surface area contributed by atoms with E-state index < -0.39 is 0 Å². The molecule has 0 saturated heterocycles. The second kappa shape index (κ2) is 13.9. The van der Waals surface area contributed by atoms with E-state index in [1.807, 2.05) is 52.4 Å². The summed E-state index contributed by atoms with van der Waals surface area (Å²) in [5.41, 5.74) is 4.67. The second-order valence-corrected chi connectivity index (χ2v) is 12.5. The molecule has 2 aromatic heterocycles. The van der Waals surface area contributed by atoms with Crippen molar-refractivity contribution in [3.8, 4) is 5.75 Å². The van der Waals surface area contributed by atoms with Gasteiger partial charge in [-0.25, -0.2) is 5.01 Å². The molecule has 0 spiro atoms. The highest BCUT2D eigenvalue weighted by molar-refractivity contribution is 7.99. The van der Waals surface area contributed by atoms with Crippen LogP contribution in [0.5, 0.6) is 5.75 Å². The van der Waals surface area contributed by atoms with Gasteiger partial charge in [0.25, 0.3) is 11.8 Å². The van der Waals surface area contributed by atoms with Crippen LogP contribution in [0.25, 0.3) is 0 Å². The zero-order valence-corrected chi connectivity index (χ0v) is 26.6. The van der Waals surface area contributed by atoms with Gasteiger partial charge in [0.05, 0.1) is 42.6 Å². The molecule has 1 aliphatic heterocycles. The van der Waals surface area contributed by atoms with Crippen LogP contribution >= 0.6 is 23.1 Å². The quantitative estimate of drug-likeness (QED) is 0.176. The van der Waals surface area contributed by atoms with E-state index in [0.717, 1.165) is 27.3 Å². The molecule has 0 aliphatic carbocycles. The summed E-state index contributed by atoms with van der Waals surface area (Å²) in [5.74, 6) is 0.962. The summed E-state index contributed by atoms with van der Waals surface area (Å²) in [5, 5.41) is 20.8. The van der Waals surface area contributed by atoms with Crippen LogP contribution in [-0.2, 0) is 17.9 Å². The molecule has 0 radical (unpaired) electrons. The molecule has 2 amide bonds. The Bertz CT molecular complexity index is 1800. The highest BCUT2D eigenvalue weighted by Crippen LogP contribution is 2.35. The first-order valence-corrected chi connectivity index (χ1v) is 16.4. The van der Waals surface area contributed by atoms with Gasteiger partial charge in [0, 0.05) is 12.0 Å². The lowest BCUT2D eigenvalue weighted by molar-refractivity contribution is -0.130. The predicted molar refractivity (Wildman–Crippen MR) is 177 cm³/mol. The first-order valence-electron chi connectivity index (χ1n) is 14.5. The lowest BCUT2D eigenvalue weighted by atomic mass is 10.00. The molecule has 1 aliphatic rings. The van der Waals surface area contributed by atoms with Gasteiger partial charge < -0.3 is 14.6 Å². The third-order valence-electron chi connectivity index (χ3n) is 7.47. The van der Waals surface area contributed by atoms with Crippen LogP contribution in [0.2, 0.25) is 0 Å². The molecule has 0 unspecified atom stereocenters. The van der Waals surface area contributed by atoms with Crippen LogP contribution in [0.4, 0.5) is 0 Å². The number of amides is 2. The number of carbonyl (C=O) groups excluding carboxylic acids is 2. The number of hydrogen-bond acceptors (Lipinski definition) is 8. The Kier molecular flexibility index (Phi) is 9.37. The highest BCUT2D eigenvalue weighted by atomic mass is 32.2. The number of ether oxygens (including phenoxy) is 1. The molecule has 9 nitrogen and oxygen atoms in total. The molecule has 3 aromatic carbocycles. The van der Waals surface area contributed by atoms with E-state index in [1.54, 1.807) is 47.7 Å². The van der Waals surface area contributed by atoms with Crippen molar-refractivity contribution in [3.05, 3.63) is 129 Å². The van der Waals surface area contributed by atoms with E-state index in [2.05, 4.69) is 46.7 Å². The molecule has 6 rings (SSSR count). The van der Waals surface area contributed by atoms with Gasteiger partial charge in [-0.1, -0.05) is 84.1 Å². The molecule has 5 aromatic rings. The molecule has 0 fully saturated rings. The summed E-state index contributed by atoms with van der Waals surface area (Å²) in [7, 11) is 1.56. The van der Waals surface area contributed by atoms with Crippen molar-refractivity contribution in [1.29, 1.82) is 0 Å². The number of aromatic nitrogens is 3. The molecule has 11 heteroatoms. The van der Waals surface area contributed by atoms with Crippen molar-refractivity contribution < 1.29 is 14.3 Å². The minimum Gasteiger partial charge on any atom is -0.497 e. The maximum Gasteiger partial charge on any atom is 0.253 e. The number of thioether (sulfide) groups is 1. The molecule has 1 N–H and O–H groups in total. The minimum absolute atomic E-state index is 0.112. The molecular weight excluding hydrogens is 605 g/mol. The van der Waals surface area contributed by atoms with Gasteiger partial charge in [0.2, 0.25) is 0 Å². The Morgan fingerprint density at radius 1 is 1.00 bits per heavy atom. The summed E-state index contributed by atoms with van der Waals surface area (Å²) in [6.45, 7) is 2.71. The van der Waals surface area contributed by atoms with E-state index >= 15 is 0 Å². The van der Waals surface area contributed by atoms with Gasteiger partial charge >= 0.3 is 0 Å². The number of methoxy groups -OCH3 is 1. The SMILES string of the molecule is COc1cccc(C(=O)NCc2nnc(SCC(=O)N3N=C(c4cccs4)C[C@H]3c3ccc(C)cc3)n2Cc2ccccc2)c1. The fourth-order valence-electron chi connectivity index (χ4n) is 5.08. The average molecular weight is 637 g/mol. The van der Waals surface area contributed by atoms with Gasteiger partial charge in [0.1, 0.15) is 5.75 Å². The lowest BCUT2D eigenvalue weighted by Crippen LogP contribution is -2.28. The Balaban J connectivity index is 1.20. The minimum atomic E-state index is -0.247. The number of benzene rings is 3. The predicted octanol–water partition coefficient (Wildman–Crippen LogP) is 6.10. The summed E-state index contributed by atoms with van der Waals surface area (Å²) >= 11 is 2.94. The standard InChI is InChI=1S/C34H32N6O3S2/c1-23-13-15-25(16-14-23)29-19-28(30-12-7-17-44-30)38-40(29)32(41)22-45-34-37-36-31(39(34)21-24-8-4-3-5-9-24)20-35-33(42)26-10-6-11-27(18-26)43-2/h3-18,29H,19-22H2,1-2H3,(H,35,42)/t29-/m0/s1. The summed E-state index contributed by atoms with van der Waals surface area (Å²) in [6.07, 6.45) is 0.654. The first kappa shape index (κ1) is 30.3. The van der Waals surface area contributed by atoms with Crippen molar-refractivity contribution in [1.82, 2.24) is 25.1 Å². The van der Waals surface area contributed by atoms with Crippen LogP contribution in [-0.4, -0.2) is 50.2 Å². The monoisotopic (exact) mass is 636 g/mol. The Morgan fingerprint density at radius 2 is 1.82 bits per heavy atom. The van der Waals surface area contributed by atoms with E-state index in [9.17, 15) is 9.59 Å². The second-order valence-electron chi connectivity index (χ2n) is 10.6. The fourth-order valence-corrected chi connectivity index (χ4v) is 6.61. The average Bonchev–Trinajstić information content (AvgIpc) is 3.84. The number of nitrogens with zero attached hydrogens (tertiary/aromatic N) is 5. The first-order chi connectivity index (χ1) is 22.0. The zero-order chi connectivity index (χ0) is 31.2. The number of aryl methyl sites for hydroxylation is 1. The number of nitrogens with one attached hydrogen (secondary N) is 1. The van der Waals surface area contributed by atoms with Gasteiger partial charge in [-0.15, -0.1) is 21.5 Å². The van der Waals surface area contributed by atoms with Crippen LogP contribution in [0.3, 0.4) is 0 Å². The smallest absolute Gasteiger partial charge is 0.253 e. The summed E-state index contributed by atoms with van der Waals surface area (Å²) in [6, 6.07) is 29.1. The maximum atomic E-state index is 13.8. The maximum absolute atomic E-state index is 13.8. The van der Waals surface area contributed by atoms with Crippen molar-refractivity contribution in [3.63, 3.8) is 0 Å². The van der Waals surface area contributed by atoms with E-state index in [1.165, 1.54) is 11.8 Å². The molecule has 0 bridgehead atoms. The molecule has 3 heterocycles. The van der Waals surface area contributed by atoms with Gasteiger partial charge in [-0.2, -0.15) is 5.10 Å². The van der Waals surface area contributed by atoms with Crippen molar-refractivity contribution >= 4 is 40.6 Å². The number of carbonyl (C=O) groups is 2. The zero-order valence-electron chi connectivity index (χ0n) is 24.9. The van der Waals surface area contributed by atoms with Gasteiger partial charge in [0.15, 0.2) is 11.0 Å². The molecule has 228 valence electrons.